The minimum absolute atomic E-state index is 0.00854. The first kappa shape index (κ1) is 18.1. The number of phenols is 2. The molecule has 0 aliphatic rings. The van der Waals surface area contributed by atoms with E-state index in [1.807, 2.05) is 0 Å². The molecule has 0 saturated carbocycles. The fourth-order valence-corrected chi connectivity index (χ4v) is 2.44. The first-order chi connectivity index (χ1) is 11.8. The molecule has 0 fully saturated rings. The lowest BCUT2D eigenvalue weighted by Gasteiger charge is -2.12. The number of hydrogen-bond acceptors (Lipinski definition) is 7. The SMILES string of the molecule is COC(=O)c1c(C)cc(OC(=O)c2c(C)cc(OC)cc2O)cc1O. The van der Waals surface area contributed by atoms with Gasteiger partial charge >= 0.3 is 11.9 Å². The minimum atomic E-state index is -0.803. The molecule has 132 valence electrons. The number of ether oxygens (including phenoxy) is 3. The Morgan fingerprint density at radius 2 is 1.28 bits per heavy atom. The number of aromatic hydroxyl groups is 2. The molecule has 0 unspecified atom stereocenters. The van der Waals surface area contributed by atoms with E-state index in [9.17, 15) is 19.8 Å². The molecule has 2 N–H and O–H groups in total. The molecule has 0 aromatic heterocycles. The highest BCUT2D eigenvalue weighted by Crippen LogP contribution is 2.31. The lowest BCUT2D eigenvalue weighted by Crippen LogP contribution is -2.12. The van der Waals surface area contributed by atoms with Gasteiger partial charge in [0.05, 0.1) is 14.2 Å². The fraction of sp³-hybridized carbons (Fsp3) is 0.222. The smallest absolute Gasteiger partial charge is 0.347 e. The lowest BCUT2D eigenvalue weighted by atomic mass is 10.1. The predicted molar refractivity (Wildman–Crippen MR) is 88.5 cm³/mol. The van der Waals surface area contributed by atoms with Crippen LogP contribution in [0.2, 0.25) is 0 Å². The standard InChI is InChI=1S/C18H18O7/c1-9-5-11(23-3)7-13(19)16(9)18(22)25-12-6-10(2)15(14(20)8-12)17(21)24-4/h5-8,19-20H,1-4H3. The van der Waals surface area contributed by atoms with Crippen LogP contribution in [-0.2, 0) is 4.74 Å². The van der Waals surface area contributed by atoms with Gasteiger partial charge in [-0.05, 0) is 37.1 Å². The molecule has 0 atom stereocenters. The zero-order valence-corrected chi connectivity index (χ0v) is 14.2. The summed E-state index contributed by atoms with van der Waals surface area (Å²) < 4.78 is 14.8. The highest BCUT2D eigenvalue weighted by Gasteiger charge is 2.21. The summed E-state index contributed by atoms with van der Waals surface area (Å²) >= 11 is 0. The van der Waals surface area contributed by atoms with Crippen molar-refractivity contribution in [2.75, 3.05) is 14.2 Å². The summed E-state index contributed by atoms with van der Waals surface area (Å²) in [6, 6.07) is 5.43. The molecule has 25 heavy (non-hydrogen) atoms. The monoisotopic (exact) mass is 346 g/mol. The molecule has 7 nitrogen and oxygen atoms in total. The molecule has 2 aromatic carbocycles. The summed E-state index contributed by atoms with van der Waals surface area (Å²) in [5.41, 5.74) is 0.820. The van der Waals surface area contributed by atoms with E-state index in [0.29, 0.717) is 16.9 Å². The first-order valence-electron chi connectivity index (χ1n) is 7.30. The summed E-state index contributed by atoms with van der Waals surface area (Å²) in [5, 5.41) is 20.0. The van der Waals surface area contributed by atoms with Gasteiger partial charge in [-0.1, -0.05) is 0 Å². The lowest BCUT2D eigenvalue weighted by molar-refractivity contribution is 0.0596. The molecule has 0 amide bonds. The number of rotatable bonds is 4. The first-order valence-corrected chi connectivity index (χ1v) is 7.30. The third-order valence-electron chi connectivity index (χ3n) is 3.62. The molecule has 7 heteroatoms. The normalized spacial score (nSPS) is 10.2. The Morgan fingerprint density at radius 3 is 1.76 bits per heavy atom. The number of carbonyl (C=O) groups is 2. The molecule has 0 bridgehead atoms. The van der Waals surface area contributed by atoms with E-state index in [1.165, 1.54) is 26.4 Å². The second-order valence-corrected chi connectivity index (χ2v) is 5.35. The van der Waals surface area contributed by atoms with Gasteiger partial charge in [0.2, 0.25) is 0 Å². The van der Waals surface area contributed by atoms with Gasteiger partial charge in [-0.25, -0.2) is 9.59 Å². The molecule has 0 spiro atoms. The fourth-order valence-electron chi connectivity index (χ4n) is 2.44. The summed E-state index contributed by atoms with van der Waals surface area (Å²) in [4.78, 5) is 24.0. The Morgan fingerprint density at radius 1 is 0.800 bits per heavy atom. The van der Waals surface area contributed by atoms with E-state index in [-0.39, 0.29) is 28.4 Å². The average Bonchev–Trinajstić information content (AvgIpc) is 2.52. The van der Waals surface area contributed by atoms with Crippen LogP contribution in [0.4, 0.5) is 0 Å². The molecular formula is C18H18O7. The van der Waals surface area contributed by atoms with Gasteiger partial charge in [-0.3, -0.25) is 0 Å². The number of benzene rings is 2. The quantitative estimate of drug-likeness (QED) is 0.648. The Hall–Kier alpha value is -3.22. The molecule has 2 aromatic rings. The van der Waals surface area contributed by atoms with Gasteiger partial charge in [0.1, 0.15) is 34.1 Å². The largest absolute Gasteiger partial charge is 0.507 e. The highest BCUT2D eigenvalue weighted by molar-refractivity contribution is 5.97. The van der Waals surface area contributed by atoms with E-state index >= 15 is 0 Å². The molecular weight excluding hydrogens is 328 g/mol. The topological polar surface area (TPSA) is 102 Å². The minimum Gasteiger partial charge on any atom is -0.507 e. The summed E-state index contributed by atoms with van der Waals surface area (Å²) in [6.45, 7) is 3.20. The van der Waals surface area contributed by atoms with E-state index in [1.54, 1.807) is 19.9 Å². The summed E-state index contributed by atoms with van der Waals surface area (Å²) in [5.74, 6) is -1.72. The van der Waals surface area contributed by atoms with Crippen molar-refractivity contribution in [2.45, 2.75) is 13.8 Å². The van der Waals surface area contributed by atoms with Crippen LogP contribution in [0.3, 0.4) is 0 Å². The maximum atomic E-state index is 12.4. The van der Waals surface area contributed by atoms with Crippen LogP contribution in [-0.4, -0.2) is 36.4 Å². The molecule has 2 rings (SSSR count). The second kappa shape index (κ2) is 7.12. The van der Waals surface area contributed by atoms with Gasteiger partial charge in [0.15, 0.2) is 0 Å². The Bertz CT molecular complexity index is 793. The average molecular weight is 346 g/mol. The zero-order chi connectivity index (χ0) is 18.7. The van der Waals surface area contributed by atoms with Crippen molar-refractivity contribution < 1.29 is 34.0 Å². The number of carbonyl (C=O) groups excluding carboxylic acids is 2. The third kappa shape index (κ3) is 3.65. The molecule has 0 saturated heterocycles. The molecule has 0 radical (unpaired) electrons. The Labute approximate surface area is 144 Å². The highest BCUT2D eigenvalue weighted by atomic mass is 16.5. The number of aryl methyl sites for hydroxylation is 2. The number of phenolic OH excluding ortho intramolecular Hbond substituents is 2. The summed E-state index contributed by atoms with van der Waals surface area (Å²) in [6.07, 6.45) is 0. The van der Waals surface area contributed by atoms with Gasteiger partial charge in [-0.2, -0.15) is 0 Å². The van der Waals surface area contributed by atoms with Gasteiger partial charge in [0, 0.05) is 12.1 Å². The van der Waals surface area contributed by atoms with Crippen molar-refractivity contribution in [3.05, 3.63) is 46.5 Å². The summed E-state index contributed by atoms with van der Waals surface area (Å²) in [7, 11) is 2.64. The van der Waals surface area contributed by atoms with Crippen LogP contribution in [0.5, 0.6) is 23.0 Å². The van der Waals surface area contributed by atoms with E-state index in [0.717, 1.165) is 6.07 Å². The molecule has 0 aliphatic carbocycles. The van der Waals surface area contributed by atoms with Crippen molar-refractivity contribution in [1.29, 1.82) is 0 Å². The van der Waals surface area contributed by atoms with Gasteiger partial charge in [-0.15, -0.1) is 0 Å². The van der Waals surface area contributed by atoms with E-state index < -0.39 is 11.9 Å². The van der Waals surface area contributed by atoms with Crippen LogP contribution >= 0.6 is 0 Å². The van der Waals surface area contributed by atoms with E-state index in [4.69, 9.17) is 9.47 Å². The van der Waals surface area contributed by atoms with E-state index in [2.05, 4.69) is 4.74 Å². The maximum Gasteiger partial charge on any atom is 0.347 e. The van der Waals surface area contributed by atoms with Crippen molar-refractivity contribution in [2.24, 2.45) is 0 Å². The van der Waals surface area contributed by atoms with Crippen LogP contribution in [0.1, 0.15) is 31.8 Å². The zero-order valence-electron chi connectivity index (χ0n) is 14.2. The van der Waals surface area contributed by atoms with Gasteiger partial charge < -0.3 is 24.4 Å². The second-order valence-electron chi connectivity index (χ2n) is 5.35. The maximum absolute atomic E-state index is 12.4. The number of hydrogen-bond donors (Lipinski definition) is 2. The van der Waals surface area contributed by atoms with Crippen molar-refractivity contribution in [1.82, 2.24) is 0 Å². The van der Waals surface area contributed by atoms with Crippen LogP contribution < -0.4 is 9.47 Å². The van der Waals surface area contributed by atoms with Crippen molar-refractivity contribution >= 4 is 11.9 Å². The van der Waals surface area contributed by atoms with Crippen LogP contribution in [0, 0.1) is 13.8 Å². The number of methoxy groups -OCH3 is 2. The molecule has 0 heterocycles. The van der Waals surface area contributed by atoms with Crippen molar-refractivity contribution in [3.8, 4) is 23.0 Å². The van der Waals surface area contributed by atoms with Crippen LogP contribution in [0.25, 0.3) is 0 Å². The van der Waals surface area contributed by atoms with Crippen LogP contribution in [0.15, 0.2) is 24.3 Å². The predicted octanol–water partition coefficient (Wildman–Crippen LogP) is 2.73. The Balaban J connectivity index is 2.35. The molecule has 0 aliphatic heterocycles. The third-order valence-corrected chi connectivity index (χ3v) is 3.62. The van der Waals surface area contributed by atoms with Gasteiger partial charge in [0.25, 0.3) is 0 Å². The number of esters is 2. The van der Waals surface area contributed by atoms with Crippen molar-refractivity contribution in [3.63, 3.8) is 0 Å². The Kier molecular flexibility index (Phi) is 5.17.